The quantitative estimate of drug-likeness (QED) is 0.685. The fourth-order valence-electron chi connectivity index (χ4n) is 1.08. The van der Waals surface area contributed by atoms with Crippen LogP contribution < -0.4 is 5.32 Å². The summed E-state index contributed by atoms with van der Waals surface area (Å²) in [6.07, 6.45) is 2.14. The van der Waals surface area contributed by atoms with Gasteiger partial charge in [0.2, 0.25) is 5.91 Å². The first-order valence-electron chi connectivity index (χ1n) is 4.30. The summed E-state index contributed by atoms with van der Waals surface area (Å²) in [4.78, 5) is 11.2. The smallest absolute Gasteiger partial charge is 0.221 e. The van der Waals surface area contributed by atoms with Crippen LogP contribution in [0.2, 0.25) is 0 Å². The van der Waals surface area contributed by atoms with Crippen LogP contribution in [0.25, 0.3) is 0 Å². The van der Waals surface area contributed by atoms with Gasteiger partial charge in [-0.15, -0.1) is 0 Å². The zero-order chi connectivity index (χ0) is 9.19. The molecule has 1 saturated carbocycles. The van der Waals surface area contributed by atoms with E-state index in [0.29, 0.717) is 12.3 Å². The Morgan fingerprint density at radius 2 is 2.25 bits per heavy atom. The van der Waals surface area contributed by atoms with Gasteiger partial charge in [0.25, 0.3) is 0 Å². The summed E-state index contributed by atoms with van der Waals surface area (Å²) in [6, 6.07) is 2.12. The van der Waals surface area contributed by atoms with Gasteiger partial charge in [0.15, 0.2) is 0 Å². The van der Waals surface area contributed by atoms with E-state index in [9.17, 15) is 4.79 Å². The predicted molar refractivity (Wildman–Crippen MR) is 45.2 cm³/mol. The molecule has 1 N–H and O–H groups in total. The van der Waals surface area contributed by atoms with Crippen LogP contribution in [0.5, 0.6) is 0 Å². The number of nitriles is 1. The van der Waals surface area contributed by atoms with Gasteiger partial charge in [-0.1, -0.05) is 13.8 Å². The fourth-order valence-corrected chi connectivity index (χ4v) is 1.08. The van der Waals surface area contributed by atoms with Gasteiger partial charge in [0.1, 0.15) is 5.54 Å². The van der Waals surface area contributed by atoms with Gasteiger partial charge in [-0.05, 0) is 18.8 Å². The molecular formula is C9H14N2O. The number of carbonyl (C=O) groups excluding carboxylic acids is 1. The summed E-state index contributed by atoms with van der Waals surface area (Å²) in [7, 11) is 0. The number of nitrogens with one attached hydrogen (secondary N) is 1. The van der Waals surface area contributed by atoms with Gasteiger partial charge in [-0.2, -0.15) is 5.26 Å². The summed E-state index contributed by atoms with van der Waals surface area (Å²) in [5.74, 6) is 0.364. The second-order valence-electron chi connectivity index (χ2n) is 3.84. The zero-order valence-corrected chi connectivity index (χ0v) is 7.55. The van der Waals surface area contributed by atoms with Crippen molar-refractivity contribution < 1.29 is 4.79 Å². The first-order valence-corrected chi connectivity index (χ1v) is 4.30. The molecule has 1 aliphatic carbocycles. The van der Waals surface area contributed by atoms with Gasteiger partial charge in [-0.3, -0.25) is 4.79 Å². The van der Waals surface area contributed by atoms with Crippen molar-refractivity contribution in [2.75, 3.05) is 0 Å². The van der Waals surface area contributed by atoms with Crippen LogP contribution >= 0.6 is 0 Å². The van der Waals surface area contributed by atoms with Gasteiger partial charge < -0.3 is 5.32 Å². The number of rotatable bonds is 3. The maximum absolute atomic E-state index is 11.2. The average molecular weight is 166 g/mol. The Labute approximate surface area is 72.8 Å². The Hall–Kier alpha value is -1.04. The highest BCUT2D eigenvalue weighted by Crippen LogP contribution is 2.34. The Balaban J connectivity index is 2.33. The van der Waals surface area contributed by atoms with E-state index in [1.165, 1.54) is 0 Å². The first kappa shape index (κ1) is 9.05. The fraction of sp³-hybridized carbons (Fsp3) is 0.778. The summed E-state index contributed by atoms with van der Waals surface area (Å²) >= 11 is 0. The first-order chi connectivity index (χ1) is 5.58. The van der Waals surface area contributed by atoms with E-state index < -0.39 is 5.54 Å². The molecule has 0 aromatic carbocycles. The van der Waals surface area contributed by atoms with E-state index in [1.807, 2.05) is 13.8 Å². The van der Waals surface area contributed by atoms with Gasteiger partial charge in [0, 0.05) is 6.42 Å². The minimum atomic E-state index is -0.494. The second kappa shape index (κ2) is 3.14. The molecule has 3 heteroatoms. The summed E-state index contributed by atoms with van der Waals surface area (Å²) in [5.41, 5.74) is -0.494. The molecule has 0 aromatic rings. The molecule has 0 spiro atoms. The third kappa shape index (κ3) is 2.23. The number of hydrogen-bond acceptors (Lipinski definition) is 2. The Kier molecular flexibility index (Phi) is 2.37. The van der Waals surface area contributed by atoms with E-state index in [2.05, 4.69) is 11.4 Å². The monoisotopic (exact) mass is 166 g/mol. The molecule has 12 heavy (non-hydrogen) atoms. The van der Waals surface area contributed by atoms with Crippen molar-refractivity contribution in [1.29, 1.82) is 5.26 Å². The number of nitrogens with zero attached hydrogens (tertiary/aromatic N) is 1. The maximum atomic E-state index is 11.2. The van der Waals surface area contributed by atoms with E-state index in [1.54, 1.807) is 0 Å². The van der Waals surface area contributed by atoms with Crippen molar-refractivity contribution in [2.24, 2.45) is 5.92 Å². The summed E-state index contributed by atoms with van der Waals surface area (Å²) in [6.45, 7) is 3.98. The molecule has 0 unspecified atom stereocenters. The lowest BCUT2D eigenvalue weighted by Gasteiger charge is -2.09. The lowest BCUT2D eigenvalue weighted by Crippen LogP contribution is -2.36. The molecule has 0 atom stereocenters. The highest BCUT2D eigenvalue weighted by atomic mass is 16.1. The van der Waals surface area contributed by atoms with Crippen molar-refractivity contribution in [1.82, 2.24) is 5.32 Å². The van der Waals surface area contributed by atoms with Gasteiger partial charge >= 0.3 is 0 Å². The van der Waals surface area contributed by atoms with Crippen molar-refractivity contribution in [3.8, 4) is 6.07 Å². The summed E-state index contributed by atoms with van der Waals surface area (Å²) < 4.78 is 0. The van der Waals surface area contributed by atoms with Crippen LogP contribution in [0.1, 0.15) is 33.1 Å². The van der Waals surface area contributed by atoms with Crippen LogP contribution in [-0.2, 0) is 4.79 Å². The molecule has 1 rings (SSSR count). The van der Waals surface area contributed by atoms with Crippen molar-refractivity contribution in [3.63, 3.8) is 0 Å². The van der Waals surface area contributed by atoms with Crippen LogP contribution in [0.4, 0.5) is 0 Å². The molecule has 1 fully saturated rings. The van der Waals surface area contributed by atoms with Gasteiger partial charge in [0.05, 0.1) is 6.07 Å². The number of carbonyl (C=O) groups is 1. The van der Waals surface area contributed by atoms with E-state index >= 15 is 0 Å². The van der Waals surface area contributed by atoms with Crippen LogP contribution in [0.15, 0.2) is 0 Å². The van der Waals surface area contributed by atoms with E-state index in [0.717, 1.165) is 12.8 Å². The van der Waals surface area contributed by atoms with Gasteiger partial charge in [-0.25, -0.2) is 0 Å². The lowest BCUT2D eigenvalue weighted by atomic mass is 10.1. The molecule has 3 nitrogen and oxygen atoms in total. The molecule has 0 aromatic heterocycles. The predicted octanol–water partition coefficient (Wildman–Crippen LogP) is 1.20. The van der Waals surface area contributed by atoms with Crippen molar-refractivity contribution in [2.45, 2.75) is 38.6 Å². The molecule has 1 amide bonds. The zero-order valence-electron chi connectivity index (χ0n) is 7.55. The molecule has 0 aliphatic heterocycles. The highest BCUT2D eigenvalue weighted by molar-refractivity contribution is 5.78. The maximum Gasteiger partial charge on any atom is 0.221 e. The van der Waals surface area contributed by atoms with E-state index in [-0.39, 0.29) is 5.91 Å². The third-order valence-corrected chi connectivity index (χ3v) is 1.94. The minimum Gasteiger partial charge on any atom is -0.338 e. The molecule has 1 aliphatic rings. The van der Waals surface area contributed by atoms with Crippen LogP contribution in [0, 0.1) is 17.2 Å². The number of hydrogen-bond donors (Lipinski definition) is 1. The highest BCUT2D eigenvalue weighted by Gasteiger charge is 2.44. The molecule has 0 bridgehead atoms. The standard InChI is InChI=1S/C9H14N2O/c1-7(2)5-8(12)11-9(6-10)3-4-9/h7H,3-5H2,1-2H3,(H,11,12). The van der Waals surface area contributed by atoms with Crippen LogP contribution in [0.3, 0.4) is 0 Å². The topological polar surface area (TPSA) is 52.9 Å². The summed E-state index contributed by atoms with van der Waals surface area (Å²) in [5, 5.41) is 11.4. The SMILES string of the molecule is CC(C)CC(=O)NC1(C#N)CC1. The minimum absolute atomic E-state index is 0.00375. The van der Waals surface area contributed by atoms with Crippen molar-refractivity contribution in [3.05, 3.63) is 0 Å². The Bertz CT molecular complexity index is 223. The van der Waals surface area contributed by atoms with E-state index in [4.69, 9.17) is 5.26 Å². The Morgan fingerprint density at radius 3 is 2.58 bits per heavy atom. The van der Waals surface area contributed by atoms with Crippen LogP contribution in [-0.4, -0.2) is 11.4 Å². The average Bonchev–Trinajstić information content (AvgIpc) is 2.67. The lowest BCUT2D eigenvalue weighted by molar-refractivity contribution is -0.122. The third-order valence-electron chi connectivity index (χ3n) is 1.94. The molecule has 66 valence electrons. The largest absolute Gasteiger partial charge is 0.338 e. The molecule has 0 saturated heterocycles. The molecule has 0 heterocycles. The normalized spacial score (nSPS) is 18.5. The molecular weight excluding hydrogens is 152 g/mol. The Morgan fingerprint density at radius 1 is 1.67 bits per heavy atom. The van der Waals surface area contributed by atoms with Crippen molar-refractivity contribution >= 4 is 5.91 Å². The second-order valence-corrected chi connectivity index (χ2v) is 3.84. The number of amides is 1. The molecule has 0 radical (unpaired) electrons.